The van der Waals surface area contributed by atoms with Crippen LogP contribution in [0.4, 0.5) is 0 Å². The molecule has 3 fully saturated rings. The molecule has 1 aliphatic carbocycles. The Morgan fingerprint density at radius 3 is 2.84 bits per heavy atom. The smallest absolute Gasteiger partial charge is 0.194 e. The van der Waals surface area contributed by atoms with E-state index in [4.69, 9.17) is 9.73 Å². The maximum atomic E-state index is 5.82. The van der Waals surface area contributed by atoms with E-state index in [9.17, 15) is 0 Å². The fourth-order valence-electron chi connectivity index (χ4n) is 4.00. The van der Waals surface area contributed by atoms with Gasteiger partial charge in [0.05, 0.1) is 6.61 Å². The maximum Gasteiger partial charge on any atom is 0.194 e. The summed E-state index contributed by atoms with van der Waals surface area (Å²) in [4.78, 5) is 7.38. The molecule has 7 heteroatoms. The predicted octanol–water partition coefficient (Wildman–Crippen LogP) is 1.62. The first kappa shape index (κ1) is 16.8. The highest BCUT2D eigenvalue weighted by Gasteiger charge is 2.39. The minimum absolute atomic E-state index is 0.323. The molecule has 1 N–H and O–H groups in total. The van der Waals surface area contributed by atoms with E-state index in [-0.39, 0.29) is 0 Å². The van der Waals surface area contributed by atoms with Crippen molar-refractivity contribution in [2.75, 3.05) is 26.3 Å². The molecule has 0 bridgehead atoms. The number of aromatic nitrogens is 3. The molecule has 0 radical (unpaired) electrons. The Morgan fingerprint density at radius 1 is 1.32 bits per heavy atom. The summed E-state index contributed by atoms with van der Waals surface area (Å²) in [6, 6.07) is 0.598. The number of hydrogen-bond acceptors (Lipinski definition) is 4. The molecule has 1 unspecified atom stereocenters. The van der Waals surface area contributed by atoms with Gasteiger partial charge in [-0.15, -0.1) is 10.2 Å². The van der Waals surface area contributed by atoms with E-state index < -0.39 is 0 Å². The van der Waals surface area contributed by atoms with Crippen LogP contribution in [0.1, 0.15) is 50.2 Å². The minimum Gasteiger partial charge on any atom is -0.381 e. The zero-order valence-electron chi connectivity index (χ0n) is 15.5. The molecule has 3 aliphatic rings. The van der Waals surface area contributed by atoms with Gasteiger partial charge in [0.15, 0.2) is 11.8 Å². The van der Waals surface area contributed by atoms with Gasteiger partial charge in [0, 0.05) is 38.2 Å². The van der Waals surface area contributed by atoms with Crippen LogP contribution in [0.5, 0.6) is 0 Å². The van der Waals surface area contributed by atoms with E-state index in [0.717, 1.165) is 43.9 Å². The van der Waals surface area contributed by atoms with Crippen LogP contribution >= 0.6 is 0 Å². The summed E-state index contributed by atoms with van der Waals surface area (Å²) in [6.45, 7) is 6.52. The number of guanidine groups is 1. The van der Waals surface area contributed by atoms with E-state index in [2.05, 4.69) is 20.4 Å². The summed E-state index contributed by atoms with van der Waals surface area (Å²) in [5, 5.41) is 12.0. The molecule has 3 heterocycles. The minimum atomic E-state index is 0.323. The van der Waals surface area contributed by atoms with Crippen molar-refractivity contribution in [2.24, 2.45) is 17.5 Å². The van der Waals surface area contributed by atoms with Crippen molar-refractivity contribution in [3.05, 3.63) is 11.6 Å². The predicted molar refractivity (Wildman–Crippen MR) is 96.3 cm³/mol. The highest BCUT2D eigenvalue weighted by molar-refractivity contribution is 5.80. The van der Waals surface area contributed by atoms with E-state index in [1.807, 2.05) is 18.5 Å². The average molecular weight is 346 g/mol. The zero-order valence-corrected chi connectivity index (χ0v) is 15.5. The molecular formula is C18H30N6O. The summed E-state index contributed by atoms with van der Waals surface area (Å²) in [5.41, 5.74) is 0.323. The van der Waals surface area contributed by atoms with Crippen LogP contribution in [0.25, 0.3) is 0 Å². The Labute approximate surface area is 149 Å². The van der Waals surface area contributed by atoms with Crippen LogP contribution in [-0.4, -0.2) is 58.0 Å². The molecule has 1 aromatic heterocycles. The molecular weight excluding hydrogens is 316 g/mol. The van der Waals surface area contributed by atoms with E-state index >= 15 is 0 Å². The van der Waals surface area contributed by atoms with Gasteiger partial charge in [0.25, 0.3) is 0 Å². The Hall–Kier alpha value is -1.63. The number of aliphatic imine (C=N–C) groups is 1. The van der Waals surface area contributed by atoms with Gasteiger partial charge in [-0.1, -0.05) is 0 Å². The van der Waals surface area contributed by atoms with Gasteiger partial charge in [-0.25, -0.2) is 4.99 Å². The number of nitrogens with zero attached hydrogens (tertiary/aromatic N) is 5. The molecule has 25 heavy (non-hydrogen) atoms. The third-order valence-electron chi connectivity index (χ3n) is 5.83. The normalized spacial score (nSPS) is 27.8. The van der Waals surface area contributed by atoms with Gasteiger partial charge in [-0.3, -0.25) is 0 Å². The lowest BCUT2D eigenvalue weighted by atomic mass is 9.76. The van der Waals surface area contributed by atoms with Crippen molar-refractivity contribution in [1.29, 1.82) is 0 Å². The number of ether oxygens (including phenoxy) is 1. The summed E-state index contributed by atoms with van der Waals surface area (Å²) in [7, 11) is 2.00. The van der Waals surface area contributed by atoms with Gasteiger partial charge >= 0.3 is 0 Å². The number of aryl methyl sites for hydroxylation is 1. The molecule has 1 saturated carbocycles. The van der Waals surface area contributed by atoms with E-state index in [0.29, 0.717) is 18.0 Å². The molecule has 4 rings (SSSR count). The van der Waals surface area contributed by atoms with Crippen LogP contribution in [0.2, 0.25) is 0 Å². The lowest BCUT2D eigenvalue weighted by Gasteiger charge is -2.45. The number of nitrogens with one attached hydrogen (secondary N) is 1. The summed E-state index contributed by atoms with van der Waals surface area (Å²) in [6.07, 6.45) is 7.48. The summed E-state index contributed by atoms with van der Waals surface area (Å²) in [5.74, 6) is 2.89. The van der Waals surface area contributed by atoms with Gasteiger partial charge < -0.3 is 19.5 Å². The maximum absolute atomic E-state index is 5.82. The average Bonchev–Trinajstić information content (AvgIpc) is 3.39. The monoisotopic (exact) mass is 346 g/mol. The third-order valence-corrected chi connectivity index (χ3v) is 5.83. The molecule has 1 aromatic rings. The summed E-state index contributed by atoms with van der Waals surface area (Å²) < 4.78 is 7.84. The van der Waals surface area contributed by atoms with Crippen molar-refractivity contribution in [3.63, 3.8) is 0 Å². The molecule has 1 atom stereocenters. The van der Waals surface area contributed by atoms with Gasteiger partial charge in [-0.05, 0) is 45.4 Å². The van der Waals surface area contributed by atoms with Crippen molar-refractivity contribution in [2.45, 2.75) is 58.0 Å². The SMILES string of the molecule is Cc1nnc(CN=C(NC2CC2)N2CCCC3(CCCOC3)C2)n1C. The third kappa shape index (κ3) is 3.81. The van der Waals surface area contributed by atoms with Crippen LogP contribution in [0.3, 0.4) is 0 Å². The quantitative estimate of drug-likeness (QED) is 0.665. The standard InChI is InChI=1S/C18H30N6O/c1-14-21-22-16(23(14)2)11-19-17(20-15-5-6-15)24-9-3-7-18(12-24)8-4-10-25-13-18/h15H,3-13H2,1-2H3,(H,19,20). The van der Waals surface area contributed by atoms with Crippen LogP contribution in [0.15, 0.2) is 4.99 Å². The highest BCUT2D eigenvalue weighted by atomic mass is 16.5. The molecule has 138 valence electrons. The van der Waals surface area contributed by atoms with Crippen molar-refractivity contribution in [1.82, 2.24) is 25.0 Å². The lowest BCUT2D eigenvalue weighted by Crippen LogP contribution is -2.53. The number of hydrogen-bond donors (Lipinski definition) is 1. The van der Waals surface area contributed by atoms with Gasteiger partial charge in [-0.2, -0.15) is 0 Å². The Bertz CT molecular complexity index is 624. The van der Waals surface area contributed by atoms with Gasteiger partial charge in [0.2, 0.25) is 0 Å². The highest BCUT2D eigenvalue weighted by Crippen LogP contribution is 2.37. The van der Waals surface area contributed by atoms with Crippen LogP contribution in [0, 0.1) is 12.3 Å². The molecule has 7 nitrogen and oxygen atoms in total. The first-order valence-corrected chi connectivity index (χ1v) is 9.64. The second-order valence-electron chi connectivity index (χ2n) is 7.96. The zero-order chi connectivity index (χ0) is 17.3. The molecule has 0 aromatic carbocycles. The largest absolute Gasteiger partial charge is 0.381 e. The lowest BCUT2D eigenvalue weighted by molar-refractivity contribution is -0.0370. The van der Waals surface area contributed by atoms with Crippen molar-refractivity contribution >= 4 is 5.96 Å². The Balaban J connectivity index is 1.49. The second-order valence-corrected chi connectivity index (χ2v) is 7.96. The number of piperidine rings is 1. The fourth-order valence-corrected chi connectivity index (χ4v) is 4.00. The van der Waals surface area contributed by atoms with E-state index in [1.54, 1.807) is 0 Å². The number of likely N-dealkylation sites (tertiary alicyclic amines) is 1. The first-order chi connectivity index (χ1) is 12.2. The molecule has 0 amide bonds. The molecule has 2 aliphatic heterocycles. The van der Waals surface area contributed by atoms with Crippen molar-refractivity contribution < 1.29 is 4.74 Å². The molecule has 1 spiro atoms. The van der Waals surface area contributed by atoms with E-state index in [1.165, 1.54) is 38.5 Å². The number of rotatable bonds is 3. The first-order valence-electron chi connectivity index (χ1n) is 9.64. The van der Waals surface area contributed by atoms with Crippen molar-refractivity contribution in [3.8, 4) is 0 Å². The van der Waals surface area contributed by atoms with Crippen LogP contribution in [-0.2, 0) is 18.3 Å². The van der Waals surface area contributed by atoms with Gasteiger partial charge in [0.1, 0.15) is 12.4 Å². The second kappa shape index (κ2) is 6.94. The fraction of sp³-hybridized carbons (Fsp3) is 0.833. The van der Waals surface area contributed by atoms with Crippen LogP contribution < -0.4 is 5.32 Å². The summed E-state index contributed by atoms with van der Waals surface area (Å²) >= 11 is 0. The Kier molecular flexibility index (Phi) is 4.67. The Morgan fingerprint density at radius 2 is 2.16 bits per heavy atom. The molecule has 2 saturated heterocycles. The topological polar surface area (TPSA) is 67.6 Å².